The molecular formula is C26H26N4O5. The summed E-state index contributed by atoms with van der Waals surface area (Å²) in [6.07, 6.45) is 1.39. The molecule has 180 valence electrons. The monoisotopic (exact) mass is 474 g/mol. The normalized spacial score (nSPS) is 11.4. The molecule has 0 radical (unpaired) electrons. The molecule has 3 aromatic rings. The minimum absolute atomic E-state index is 0.161. The lowest BCUT2D eigenvalue weighted by atomic mass is 10.1. The topological polar surface area (TPSA) is 118 Å². The lowest BCUT2D eigenvalue weighted by Crippen LogP contribution is -2.39. The Morgan fingerprint density at radius 3 is 2.20 bits per heavy atom. The highest BCUT2D eigenvalue weighted by atomic mass is 16.5. The van der Waals surface area contributed by atoms with Gasteiger partial charge in [-0.3, -0.25) is 14.4 Å². The van der Waals surface area contributed by atoms with Gasteiger partial charge in [0.05, 0.1) is 19.4 Å². The van der Waals surface area contributed by atoms with Crippen molar-refractivity contribution >= 4 is 29.6 Å². The first-order valence-electron chi connectivity index (χ1n) is 10.8. The molecule has 0 spiro atoms. The lowest BCUT2D eigenvalue weighted by Gasteiger charge is -2.13. The van der Waals surface area contributed by atoms with Crippen LogP contribution in [0.5, 0.6) is 11.5 Å². The van der Waals surface area contributed by atoms with Crippen molar-refractivity contribution in [1.29, 1.82) is 0 Å². The van der Waals surface area contributed by atoms with E-state index in [-0.39, 0.29) is 18.6 Å². The number of methoxy groups -OCH3 is 1. The van der Waals surface area contributed by atoms with Crippen molar-refractivity contribution in [2.45, 2.75) is 13.0 Å². The number of carbonyl (C=O) groups excluding carboxylic acids is 3. The molecule has 3 rings (SSSR count). The van der Waals surface area contributed by atoms with Crippen LogP contribution in [0.2, 0.25) is 0 Å². The summed E-state index contributed by atoms with van der Waals surface area (Å²) in [4.78, 5) is 36.1. The molecule has 35 heavy (non-hydrogen) atoms. The number of carbonyl (C=O) groups is 3. The second-order valence-electron chi connectivity index (χ2n) is 7.44. The lowest BCUT2D eigenvalue weighted by molar-refractivity contribution is -0.139. The standard InChI is InChI=1S/C26H26N4O5/c1-18(20-6-4-3-5-7-20)28-25(32)26(33)30-27-16-19-8-12-23(13-9-19)35-17-24(31)29-21-10-14-22(34-2)15-11-21/h3-16,18H,17H2,1-2H3,(H,28,32)(H,29,31)(H,30,33)/b27-16-/t18-/m0/s1. The molecule has 0 aliphatic carbocycles. The van der Waals surface area contributed by atoms with Crippen LogP contribution in [0.15, 0.2) is 84.0 Å². The van der Waals surface area contributed by atoms with Crippen molar-refractivity contribution in [3.05, 3.63) is 90.0 Å². The van der Waals surface area contributed by atoms with Crippen molar-refractivity contribution in [2.75, 3.05) is 19.0 Å². The summed E-state index contributed by atoms with van der Waals surface area (Å²) in [5.41, 5.74) is 4.39. The molecule has 9 nitrogen and oxygen atoms in total. The van der Waals surface area contributed by atoms with E-state index in [0.29, 0.717) is 22.7 Å². The van der Waals surface area contributed by atoms with Gasteiger partial charge in [-0.15, -0.1) is 0 Å². The van der Waals surface area contributed by atoms with Crippen molar-refractivity contribution in [3.63, 3.8) is 0 Å². The summed E-state index contributed by atoms with van der Waals surface area (Å²) in [6.45, 7) is 1.63. The maximum absolute atomic E-state index is 12.1. The summed E-state index contributed by atoms with van der Waals surface area (Å²) >= 11 is 0. The summed E-state index contributed by atoms with van der Waals surface area (Å²) in [5, 5.41) is 9.15. The first kappa shape index (κ1) is 25.0. The largest absolute Gasteiger partial charge is 0.497 e. The molecule has 0 aliphatic heterocycles. The van der Waals surface area contributed by atoms with Gasteiger partial charge in [-0.05, 0) is 66.6 Å². The first-order chi connectivity index (χ1) is 16.9. The van der Waals surface area contributed by atoms with Crippen LogP contribution in [-0.2, 0) is 14.4 Å². The molecule has 9 heteroatoms. The molecule has 3 amide bonds. The molecule has 1 atom stereocenters. The number of hydrogen-bond donors (Lipinski definition) is 3. The van der Waals surface area contributed by atoms with Gasteiger partial charge in [0.15, 0.2) is 6.61 Å². The van der Waals surface area contributed by atoms with E-state index in [0.717, 1.165) is 5.56 Å². The number of hydrogen-bond acceptors (Lipinski definition) is 6. The van der Waals surface area contributed by atoms with Crippen molar-refractivity contribution in [2.24, 2.45) is 5.10 Å². The number of benzene rings is 3. The van der Waals surface area contributed by atoms with E-state index in [2.05, 4.69) is 21.2 Å². The second kappa shape index (κ2) is 12.5. The fraction of sp³-hybridized carbons (Fsp3) is 0.154. The van der Waals surface area contributed by atoms with Crippen LogP contribution in [0, 0.1) is 0 Å². The number of nitrogens with one attached hydrogen (secondary N) is 3. The third kappa shape index (κ3) is 8.01. The van der Waals surface area contributed by atoms with Crippen LogP contribution < -0.4 is 25.5 Å². The van der Waals surface area contributed by atoms with Gasteiger partial charge in [0.25, 0.3) is 5.91 Å². The molecule has 0 heterocycles. The highest BCUT2D eigenvalue weighted by Gasteiger charge is 2.16. The fourth-order valence-electron chi connectivity index (χ4n) is 2.97. The zero-order valence-corrected chi connectivity index (χ0v) is 19.4. The van der Waals surface area contributed by atoms with Gasteiger partial charge in [-0.2, -0.15) is 5.10 Å². The Balaban J connectivity index is 1.41. The highest BCUT2D eigenvalue weighted by Crippen LogP contribution is 2.15. The average molecular weight is 475 g/mol. The number of hydrazone groups is 1. The maximum Gasteiger partial charge on any atom is 0.329 e. The van der Waals surface area contributed by atoms with Gasteiger partial charge in [0.1, 0.15) is 11.5 Å². The Labute approximate surface area is 203 Å². The molecule has 0 saturated carbocycles. The molecule has 0 aromatic heterocycles. The average Bonchev–Trinajstić information content (AvgIpc) is 2.89. The molecule has 0 saturated heterocycles. The van der Waals surface area contributed by atoms with Gasteiger partial charge in [0.2, 0.25) is 0 Å². The van der Waals surface area contributed by atoms with Crippen LogP contribution in [0.25, 0.3) is 0 Å². The van der Waals surface area contributed by atoms with Gasteiger partial charge in [0, 0.05) is 5.69 Å². The number of anilines is 1. The Morgan fingerprint density at radius 2 is 1.54 bits per heavy atom. The Bertz CT molecular complexity index is 1160. The summed E-state index contributed by atoms with van der Waals surface area (Å²) in [6, 6.07) is 22.7. The minimum atomic E-state index is -0.869. The highest BCUT2D eigenvalue weighted by molar-refractivity contribution is 6.35. The van der Waals surface area contributed by atoms with Crippen LogP contribution in [0.1, 0.15) is 24.1 Å². The number of nitrogens with zero attached hydrogens (tertiary/aromatic N) is 1. The van der Waals surface area contributed by atoms with E-state index in [1.807, 2.05) is 30.3 Å². The summed E-state index contributed by atoms with van der Waals surface area (Å²) < 4.78 is 10.6. The molecular weight excluding hydrogens is 448 g/mol. The summed E-state index contributed by atoms with van der Waals surface area (Å²) in [7, 11) is 1.57. The van der Waals surface area contributed by atoms with E-state index in [4.69, 9.17) is 9.47 Å². The molecule has 0 fully saturated rings. The zero-order chi connectivity index (χ0) is 25.0. The molecule has 3 aromatic carbocycles. The number of amides is 3. The van der Waals surface area contributed by atoms with Gasteiger partial charge < -0.3 is 20.1 Å². The fourth-order valence-corrected chi connectivity index (χ4v) is 2.97. The van der Waals surface area contributed by atoms with Crippen LogP contribution in [0.4, 0.5) is 5.69 Å². The molecule has 0 unspecified atom stereocenters. The van der Waals surface area contributed by atoms with E-state index in [9.17, 15) is 14.4 Å². The Hall–Kier alpha value is -4.66. The molecule has 0 bridgehead atoms. The van der Waals surface area contributed by atoms with Crippen molar-refractivity contribution in [3.8, 4) is 11.5 Å². The van der Waals surface area contributed by atoms with E-state index in [1.54, 1.807) is 62.6 Å². The molecule has 0 aliphatic rings. The summed E-state index contributed by atoms with van der Waals surface area (Å²) in [5.74, 6) is -0.765. The molecule has 3 N–H and O–H groups in total. The second-order valence-corrected chi connectivity index (χ2v) is 7.44. The van der Waals surface area contributed by atoms with E-state index < -0.39 is 11.8 Å². The van der Waals surface area contributed by atoms with E-state index in [1.165, 1.54) is 6.21 Å². The SMILES string of the molecule is COc1ccc(NC(=O)COc2ccc(/C=N\NC(=O)C(=O)N[C@@H](C)c3ccccc3)cc2)cc1. The van der Waals surface area contributed by atoms with E-state index >= 15 is 0 Å². The van der Waals surface area contributed by atoms with Gasteiger partial charge in [-0.25, -0.2) is 5.43 Å². The van der Waals surface area contributed by atoms with Crippen LogP contribution >= 0.6 is 0 Å². The predicted octanol–water partition coefficient (Wildman–Crippen LogP) is 3.04. The predicted molar refractivity (Wildman–Crippen MR) is 132 cm³/mol. The maximum atomic E-state index is 12.1. The van der Waals surface area contributed by atoms with Crippen molar-refractivity contribution < 1.29 is 23.9 Å². The number of ether oxygens (including phenoxy) is 2. The smallest absolute Gasteiger partial charge is 0.329 e. The number of rotatable bonds is 9. The first-order valence-corrected chi connectivity index (χ1v) is 10.8. The Kier molecular flexibility index (Phi) is 8.95. The third-order valence-corrected chi connectivity index (χ3v) is 4.86. The quantitative estimate of drug-likeness (QED) is 0.250. The van der Waals surface area contributed by atoms with Gasteiger partial charge >= 0.3 is 11.8 Å². The van der Waals surface area contributed by atoms with Crippen LogP contribution in [0.3, 0.4) is 0 Å². The Morgan fingerprint density at radius 1 is 0.886 bits per heavy atom. The zero-order valence-electron chi connectivity index (χ0n) is 19.4. The third-order valence-electron chi connectivity index (χ3n) is 4.86. The minimum Gasteiger partial charge on any atom is -0.497 e. The van der Waals surface area contributed by atoms with Crippen LogP contribution in [-0.4, -0.2) is 37.7 Å². The van der Waals surface area contributed by atoms with Gasteiger partial charge in [-0.1, -0.05) is 30.3 Å². The van der Waals surface area contributed by atoms with Crippen molar-refractivity contribution in [1.82, 2.24) is 10.7 Å².